The van der Waals surface area contributed by atoms with Crippen LogP contribution in [0.3, 0.4) is 0 Å². The molecule has 0 bridgehead atoms. The van der Waals surface area contributed by atoms with Crippen LogP contribution in [0.15, 0.2) is 5.38 Å². The molecule has 13 heavy (non-hydrogen) atoms. The van der Waals surface area contributed by atoms with Crippen molar-refractivity contribution in [1.29, 1.82) is 0 Å². The van der Waals surface area contributed by atoms with Gasteiger partial charge in [-0.05, 0) is 12.8 Å². The van der Waals surface area contributed by atoms with Crippen molar-refractivity contribution in [2.75, 3.05) is 0 Å². The molecule has 0 aliphatic heterocycles. The summed E-state index contributed by atoms with van der Waals surface area (Å²) in [4.78, 5) is 4.57. The first-order valence-electron chi connectivity index (χ1n) is 4.93. The number of thiazole rings is 1. The van der Waals surface area contributed by atoms with Gasteiger partial charge in [0.2, 0.25) is 0 Å². The molecule has 1 aromatic heterocycles. The van der Waals surface area contributed by atoms with Crippen LogP contribution in [0.5, 0.6) is 0 Å². The van der Waals surface area contributed by atoms with Gasteiger partial charge in [-0.25, -0.2) is 4.98 Å². The SMILES string of the molecule is CC(C)c1nc(CNC2CC2)cs1. The second kappa shape index (κ2) is 3.76. The summed E-state index contributed by atoms with van der Waals surface area (Å²) < 4.78 is 0. The Bertz CT molecular complexity index is 276. The van der Waals surface area contributed by atoms with Crippen LogP contribution in [0.2, 0.25) is 0 Å². The third kappa shape index (κ3) is 2.51. The zero-order valence-corrected chi connectivity index (χ0v) is 9.03. The maximum absolute atomic E-state index is 4.57. The summed E-state index contributed by atoms with van der Waals surface area (Å²) in [5, 5.41) is 6.90. The average Bonchev–Trinajstić information content (AvgIpc) is 2.79. The molecule has 0 spiro atoms. The van der Waals surface area contributed by atoms with Crippen molar-refractivity contribution in [3.05, 3.63) is 16.1 Å². The largest absolute Gasteiger partial charge is 0.308 e. The first kappa shape index (κ1) is 9.16. The normalized spacial score (nSPS) is 16.8. The van der Waals surface area contributed by atoms with Crippen LogP contribution in [-0.4, -0.2) is 11.0 Å². The number of hydrogen-bond acceptors (Lipinski definition) is 3. The van der Waals surface area contributed by atoms with E-state index in [-0.39, 0.29) is 0 Å². The monoisotopic (exact) mass is 196 g/mol. The lowest BCUT2D eigenvalue weighted by molar-refractivity contribution is 0.673. The molecule has 1 aromatic rings. The van der Waals surface area contributed by atoms with Crippen LogP contribution in [0.1, 0.15) is 43.3 Å². The predicted molar refractivity (Wildman–Crippen MR) is 56.1 cm³/mol. The van der Waals surface area contributed by atoms with Gasteiger partial charge in [0, 0.05) is 23.9 Å². The molecule has 1 aliphatic rings. The van der Waals surface area contributed by atoms with Crippen LogP contribution < -0.4 is 5.32 Å². The summed E-state index contributed by atoms with van der Waals surface area (Å²) in [6.07, 6.45) is 2.70. The standard InChI is InChI=1S/C10H16N2S/c1-7(2)10-12-9(6-13-10)5-11-8-3-4-8/h6-8,11H,3-5H2,1-2H3. The fourth-order valence-electron chi connectivity index (χ4n) is 1.21. The zero-order chi connectivity index (χ0) is 9.26. The Balaban J connectivity index is 1.88. The molecule has 3 heteroatoms. The van der Waals surface area contributed by atoms with E-state index in [9.17, 15) is 0 Å². The highest BCUT2D eigenvalue weighted by molar-refractivity contribution is 7.09. The van der Waals surface area contributed by atoms with Crippen LogP contribution in [0.25, 0.3) is 0 Å². The van der Waals surface area contributed by atoms with Crippen molar-refractivity contribution >= 4 is 11.3 Å². The molecule has 1 N–H and O–H groups in total. The van der Waals surface area contributed by atoms with Gasteiger partial charge in [-0.3, -0.25) is 0 Å². The first-order valence-corrected chi connectivity index (χ1v) is 5.81. The Morgan fingerprint density at radius 3 is 2.92 bits per heavy atom. The van der Waals surface area contributed by atoms with Gasteiger partial charge in [-0.15, -0.1) is 11.3 Å². The Morgan fingerprint density at radius 1 is 1.62 bits per heavy atom. The van der Waals surface area contributed by atoms with Crippen LogP contribution >= 0.6 is 11.3 Å². The highest BCUT2D eigenvalue weighted by Gasteiger charge is 2.20. The quantitative estimate of drug-likeness (QED) is 0.800. The molecular formula is C10H16N2S. The summed E-state index contributed by atoms with van der Waals surface area (Å²) in [6, 6.07) is 0.782. The lowest BCUT2D eigenvalue weighted by Crippen LogP contribution is -2.15. The zero-order valence-electron chi connectivity index (χ0n) is 8.21. The Hall–Kier alpha value is -0.410. The summed E-state index contributed by atoms with van der Waals surface area (Å²) in [5.74, 6) is 0.569. The minimum absolute atomic E-state index is 0.569. The molecule has 0 radical (unpaired) electrons. The van der Waals surface area contributed by atoms with Crippen molar-refractivity contribution in [3.63, 3.8) is 0 Å². The van der Waals surface area contributed by atoms with Gasteiger partial charge >= 0.3 is 0 Å². The van der Waals surface area contributed by atoms with E-state index >= 15 is 0 Å². The van der Waals surface area contributed by atoms with E-state index in [1.54, 1.807) is 11.3 Å². The summed E-state index contributed by atoms with van der Waals surface area (Å²) >= 11 is 1.78. The highest BCUT2D eigenvalue weighted by Crippen LogP contribution is 2.21. The maximum Gasteiger partial charge on any atom is 0.0954 e. The van der Waals surface area contributed by atoms with E-state index in [1.807, 2.05) is 0 Å². The molecule has 1 heterocycles. The van der Waals surface area contributed by atoms with Crippen molar-refractivity contribution in [2.24, 2.45) is 0 Å². The summed E-state index contributed by atoms with van der Waals surface area (Å²) in [6.45, 7) is 5.34. The first-order chi connectivity index (χ1) is 6.25. The number of nitrogens with one attached hydrogen (secondary N) is 1. The van der Waals surface area contributed by atoms with Crippen molar-refractivity contribution in [3.8, 4) is 0 Å². The highest BCUT2D eigenvalue weighted by atomic mass is 32.1. The summed E-state index contributed by atoms with van der Waals surface area (Å²) in [7, 11) is 0. The summed E-state index contributed by atoms with van der Waals surface area (Å²) in [5.41, 5.74) is 1.21. The predicted octanol–water partition coefficient (Wildman–Crippen LogP) is 2.52. The fraction of sp³-hybridized carbons (Fsp3) is 0.700. The second-order valence-corrected chi connectivity index (χ2v) is 4.88. The molecule has 1 saturated carbocycles. The van der Waals surface area contributed by atoms with Gasteiger partial charge < -0.3 is 5.32 Å². The average molecular weight is 196 g/mol. The minimum Gasteiger partial charge on any atom is -0.308 e. The van der Waals surface area contributed by atoms with Crippen LogP contribution in [0, 0.1) is 0 Å². The van der Waals surface area contributed by atoms with E-state index in [0.717, 1.165) is 12.6 Å². The van der Waals surface area contributed by atoms with Gasteiger partial charge in [0.25, 0.3) is 0 Å². The van der Waals surface area contributed by atoms with E-state index < -0.39 is 0 Å². The lowest BCUT2D eigenvalue weighted by atomic mass is 10.2. The number of aromatic nitrogens is 1. The van der Waals surface area contributed by atoms with E-state index in [0.29, 0.717) is 5.92 Å². The van der Waals surface area contributed by atoms with Gasteiger partial charge in [-0.2, -0.15) is 0 Å². The molecule has 0 amide bonds. The van der Waals surface area contributed by atoms with Crippen LogP contribution in [0.4, 0.5) is 0 Å². The third-order valence-corrected chi connectivity index (χ3v) is 3.41. The van der Waals surface area contributed by atoms with Gasteiger partial charge in [0.15, 0.2) is 0 Å². The molecule has 0 saturated heterocycles. The second-order valence-electron chi connectivity index (χ2n) is 3.99. The van der Waals surface area contributed by atoms with Gasteiger partial charge in [0.05, 0.1) is 10.7 Å². The van der Waals surface area contributed by atoms with E-state index in [4.69, 9.17) is 0 Å². The molecule has 0 aromatic carbocycles. The molecule has 1 fully saturated rings. The molecule has 0 atom stereocenters. The molecular weight excluding hydrogens is 180 g/mol. The minimum atomic E-state index is 0.569. The smallest absolute Gasteiger partial charge is 0.0954 e. The molecule has 2 nitrogen and oxygen atoms in total. The fourth-order valence-corrected chi connectivity index (χ4v) is 2.04. The van der Waals surface area contributed by atoms with Crippen LogP contribution in [-0.2, 0) is 6.54 Å². The van der Waals surface area contributed by atoms with Gasteiger partial charge in [0.1, 0.15) is 0 Å². The topological polar surface area (TPSA) is 24.9 Å². The number of nitrogens with zero attached hydrogens (tertiary/aromatic N) is 1. The molecule has 72 valence electrons. The number of rotatable bonds is 4. The van der Waals surface area contributed by atoms with Crippen molar-refractivity contribution in [2.45, 2.75) is 45.2 Å². The lowest BCUT2D eigenvalue weighted by Gasteiger charge is -1.99. The molecule has 1 aliphatic carbocycles. The Kier molecular flexibility index (Phi) is 2.65. The number of hydrogen-bond donors (Lipinski definition) is 1. The van der Waals surface area contributed by atoms with Crippen molar-refractivity contribution < 1.29 is 0 Å². The van der Waals surface area contributed by atoms with E-state index in [2.05, 4.69) is 29.5 Å². The Labute approximate surface area is 83.4 Å². The van der Waals surface area contributed by atoms with Crippen molar-refractivity contribution in [1.82, 2.24) is 10.3 Å². The van der Waals surface area contributed by atoms with Gasteiger partial charge in [-0.1, -0.05) is 13.8 Å². The third-order valence-electron chi connectivity index (χ3n) is 2.21. The Morgan fingerprint density at radius 2 is 2.38 bits per heavy atom. The van der Waals surface area contributed by atoms with E-state index in [1.165, 1.54) is 23.5 Å². The molecule has 2 rings (SSSR count). The maximum atomic E-state index is 4.57. The molecule has 0 unspecified atom stereocenters.